The second kappa shape index (κ2) is 6.54. The van der Waals surface area contributed by atoms with Gasteiger partial charge in [0.25, 0.3) is 0 Å². The summed E-state index contributed by atoms with van der Waals surface area (Å²) in [6.45, 7) is 4.24. The number of hydrogen-bond acceptors (Lipinski definition) is 2. The van der Waals surface area contributed by atoms with Crippen molar-refractivity contribution in [1.82, 2.24) is 0 Å². The lowest BCUT2D eigenvalue weighted by Crippen LogP contribution is -2.47. The van der Waals surface area contributed by atoms with Crippen molar-refractivity contribution in [3.63, 3.8) is 0 Å². The Morgan fingerprint density at radius 2 is 1.78 bits per heavy atom. The monoisotopic (exact) mass is 377 g/mol. The average Bonchev–Trinajstić information content (AvgIpc) is 2.68. The van der Waals surface area contributed by atoms with Crippen LogP contribution in [-0.2, 0) is 10.0 Å². The van der Waals surface area contributed by atoms with Gasteiger partial charge in [0.05, 0.1) is 12.2 Å². The molecule has 4 rings (SSSR count). The van der Waals surface area contributed by atoms with Crippen LogP contribution in [0.4, 0.5) is 5.69 Å². The highest BCUT2D eigenvalue weighted by Crippen LogP contribution is 2.40. The molecule has 4 heteroatoms. The van der Waals surface area contributed by atoms with Gasteiger partial charge in [0.15, 0.2) is 0 Å². The normalized spacial score (nSPS) is 21.7. The summed E-state index contributed by atoms with van der Waals surface area (Å²) in [5.41, 5.74) is 5.00. The summed E-state index contributed by atoms with van der Waals surface area (Å²) in [5.74, 6) is 0. The average molecular weight is 378 g/mol. The molecule has 3 nitrogen and oxygen atoms in total. The molecule has 0 fully saturated rings. The van der Waals surface area contributed by atoms with Crippen molar-refractivity contribution in [2.45, 2.75) is 25.0 Å². The first-order valence-electron chi connectivity index (χ1n) is 9.14. The number of rotatable bonds is 3. The van der Waals surface area contributed by atoms with E-state index in [0.717, 1.165) is 22.4 Å². The van der Waals surface area contributed by atoms with E-state index in [-0.39, 0.29) is 0 Å². The van der Waals surface area contributed by atoms with E-state index in [1.54, 1.807) is 4.31 Å². The van der Waals surface area contributed by atoms with Crippen LogP contribution in [0.2, 0.25) is 0 Å². The standard InChI is InChI=1S/C23H23NO2S/c1-18-11-13-19(14-12-18)21-8-5-15-23(2,17-21)27(25,26)24-16-6-9-20-7-3-4-10-22(20)24/h3-15H,16-17H2,1-2H3. The van der Waals surface area contributed by atoms with Gasteiger partial charge in [-0.25, -0.2) is 8.42 Å². The predicted molar refractivity (Wildman–Crippen MR) is 113 cm³/mol. The number of sulfonamides is 1. The maximum atomic E-state index is 13.7. The van der Waals surface area contributed by atoms with Crippen molar-refractivity contribution in [2.24, 2.45) is 0 Å². The van der Waals surface area contributed by atoms with Crippen LogP contribution in [-0.4, -0.2) is 19.7 Å². The third-order valence-corrected chi connectivity index (χ3v) is 7.75. The third kappa shape index (κ3) is 3.04. The zero-order valence-corrected chi connectivity index (χ0v) is 16.4. The molecule has 0 aromatic heterocycles. The Labute approximate surface area is 161 Å². The van der Waals surface area contributed by atoms with Crippen LogP contribution in [0.15, 0.2) is 72.8 Å². The van der Waals surface area contributed by atoms with Crippen LogP contribution in [0.5, 0.6) is 0 Å². The summed E-state index contributed by atoms with van der Waals surface area (Å²) in [4.78, 5) is 0. The smallest absolute Gasteiger partial charge is 0.244 e. The Morgan fingerprint density at radius 3 is 2.56 bits per heavy atom. The highest BCUT2D eigenvalue weighted by molar-refractivity contribution is 7.94. The molecule has 1 heterocycles. The molecule has 1 aliphatic carbocycles. The Morgan fingerprint density at radius 1 is 1.04 bits per heavy atom. The van der Waals surface area contributed by atoms with Crippen LogP contribution < -0.4 is 4.31 Å². The van der Waals surface area contributed by atoms with Crippen LogP contribution >= 0.6 is 0 Å². The molecule has 2 aliphatic rings. The van der Waals surface area contributed by atoms with Gasteiger partial charge in [0, 0.05) is 0 Å². The first-order chi connectivity index (χ1) is 12.9. The maximum absolute atomic E-state index is 13.7. The zero-order valence-electron chi connectivity index (χ0n) is 15.6. The summed E-state index contributed by atoms with van der Waals surface area (Å²) in [7, 11) is -3.59. The number of anilines is 1. The fourth-order valence-corrected chi connectivity index (χ4v) is 5.52. The fraction of sp³-hybridized carbons (Fsp3) is 0.217. The second-order valence-corrected chi connectivity index (χ2v) is 9.73. The molecule has 0 saturated heterocycles. The number of aryl methyl sites for hydroxylation is 1. The van der Waals surface area contributed by atoms with E-state index in [0.29, 0.717) is 13.0 Å². The molecule has 1 atom stereocenters. The van der Waals surface area contributed by atoms with Gasteiger partial charge in [-0.3, -0.25) is 4.31 Å². The molecule has 2 aromatic rings. The SMILES string of the molecule is Cc1ccc(C2=CC=CC(C)(S(=O)(=O)N3CC=Cc4ccccc43)C2)cc1. The molecule has 2 aromatic carbocycles. The van der Waals surface area contributed by atoms with Crippen LogP contribution in [0.25, 0.3) is 11.6 Å². The van der Waals surface area contributed by atoms with E-state index >= 15 is 0 Å². The van der Waals surface area contributed by atoms with E-state index in [2.05, 4.69) is 31.2 Å². The summed E-state index contributed by atoms with van der Waals surface area (Å²) in [6.07, 6.45) is 10.1. The molecular formula is C23H23NO2S. The lowest BCUT2D eigenvalue weighted by atomic mass is 9.90. The molecule has 27 heavy (non-hydrogen) atoms. The van der Waals surface area contributed by atoms with Gasteiger partial charge in [-0.2, -0.15) is 0 Å². The molecule has 0 N–H and O–H groups in total. The topological polar surface area (TPSA) is 37.4 Å². The Kier molecular flexibility index (Phi) is 4.31. The number of benzene rings is 2. The number of nitrogens with zero attached hydrogens (tertiary/aromatic N) is 1. The van der Waals surface area contributed by atoms with Crippen molar-refractivity contribution in [3.05, 3.63) is 89.5 Å². The lowest BCUT2D eigenvalue weighted by Gasteiger charge is -2.37. The third-order valence-electron chi connectivity index (χ3n) is 5.36. The van der Waals surface area contributed by atoms with E-state index in [9.17, 15) is 8.42 Å². The van der Waals surface area contributed by atoms with Gasteiger partial charge < -0.3 is 0 Å². The summed E-state index contributed by atoms with van der Waals surface area (Å²) < 4.78 is 27.9. The summed E-state index contributed by atoms with van der Waals surface area (Å²) in [5, 5.41) is 0. The van der Waals surface area contributed by atoms with Crippen molar-refractivity contribution in [1.29, 1.82) is 0 Å². The Hall–Kier alpha value is -2.59. The zero-order chi connectivity index (χ0) is 19.1. The van der Waals surface area contributed by atoms with E-state index in [1.165, 1.54) is 5.56 Å². The van der Waals surface area contributed by atoms with Gasteiger partial charge in [-0.15, -0.1) is 0 Å². The molecule has 0 bridgehead atoms. The van der Waals surface area contributed by atoms with Gasteiger partial charge in [-0.1, -0.05) is 78.4 Å². The maximum Gasteiger partial charge on any atom is 0.244 e. The summed E-state index contributed by atoms with van der Waals surface area (Å²) >= 11 is 0. The number of hydrogen-bond donors (Lipinski definition) is 0. The fourth-order valence-electron chi connectivity index (χ4n) is 3.72. The van der Waals surface area contributed by atoms with Crippen molar-refractivity contribution in [2.75, 3.05) is 10.8 Å². The molecular weight excluding hydrogens is 354 g/mol. The molecule has 0 saturated carbocycles. The van der Waals surface area contributed by atoms with Gasteiger partial charge >= 0.3 is 0 Å². The number of para-hydroxylation sites is 1. The molecule has 1 aliphatic heterocycles. The largest absolute Gasteiger partial charge is 0.265 e. The minimum atomic E-state index is -3.59. The number of fused-ring (bicyclic) bond motifs is 1. The highest BCUT2D eigenvalue weighted by atomic mass is 32.2. The molecule has 0 amide bonds. The van der Waals surface area contributed by atoms with Gasteiger partial charge in [-0.05, 0) is 43.0 Å². The first kappa shape index (κ1) is 17.8. The van der Waals surface area contributed by atoms with Gasteiger partial charge in [0.2, 0.25) is 10.0 Å². The van der Waals surface area contributed by atoms with Crippen molar-refractivity contribution in [3.8, 4) is 0 Å². The molecule has 1 unspecified atom stereocenters. The quantitative estimate of drug-likeness (QED) is 0.758. The molecule has 0 radical (unpaired) electrons. The van der Waals surface area contributed by atoms with Crippen molar-refractivity contribution < 1.29 is 8.42 Å². The van der Waals surface area contributed by atoms with Crippen LogP contribution in [0.1, 0.15) is 30.0 Å². The van der Waals surface area contributed by atoms with E-state index in [4.69, 9.17) is 0 Å². The van der Waals surface area contributed by atoms with Crippen molar-refractivity contribution >= 4 is 27.4 Å². The lowest BCUT2D eigenvalue weighted by molar-refractivity contribution is 0.560. The summed E-state index contributed by atoms with van der Waals surface area (Å²) in [6, 6.07) is 15.9. The Bertz CT molecular complexity index is 1060. The van der Waals surface area contributed by atoms with E-state index in [1.807, 2.05) is 61.6 Å². The minimum absolute atomic E-state index is 0.367. The second-order valence-electron chi connectivity index (χ2n) is 7.40. The first-order valence-corrected chi connectivity index (χ1v) is 10.6. The van der Waals surface area contributed by atoms with Crippen LogP contribution in [0.3, 0.4) is 0 Å². The van der Waals surface area contributed by atoms with Gasteiger partial charge in [0.1, 0.15) is 4.75 Å². The Balaban J connectivity index is 1.70. The molecule has 0 spiro atoms. The van der Waals surface area contributed by atoms with Crippen LogP contribution in [0, 0.1) is 6.92 Å². The molecule has 138 valence electrons. The number of allylic oxidation sites excluding steroid dienone is 3. The predicted octanol–water partition coefficient (Wildman–Crippen LogP) is 4.96. The minimum Gasteiger partial charge on any atom is -0.265 e. The van der Waals surface area contributed by atoms with E-state index < -0.39 is 14.8 Å². The highest BCUT2D eigenvalue weighted by Gasteiger charge is 2.43.